The van der Waals surface area contributed by atoms with Crippen LogP contribution in [0.5, 0.6) is 0 Å². The lowest BCUT2D eigenvalue weighted by molar-refractivity contribution is -0.384. The highest BCUT2D eigenvalue weighted by Gasteiger charge is 2.42. The van der Waals surface area contributed by atoms with Crippen LogP contribution in [-0.4, -0.2) is 46.8 Å². The van der Waals surface area contributed by atoms with E-state index in [-0.39, 0.29) is 28.3 Å². The zero-order valence-electron chi connectivity index (χ0n) is 17.4. The minimum absolute atomic E-state index is 0.0137. The fourth-order valence-corrected chi connectivity index (χ4v) is 4.14. The van der Waals surface area contributed by atoms with Crippen molar-refractivity contribution >= 4 is 22.6 Å². The molecule has 0 aliphatic carbocycles. The van der Waals surface area contributed by atoms with E-state index in [4.69, 9.17) is 4.42 Å². The Hall–Kier alpha value is -3.52. The first-order valence-corrected chi connectivity index (χ1v) is 10.3. The summed E-state index contributed by atoms with van der Waals surface area (Å²) >= 11 is 0. The predicted octanol–water partition coefficient (Wildman–Crippen LogP) is 3.59. The highest BCUT2D eigenvalue weighted by molar-refractivity contribution is 5.99. The van der Waals surface area contributed by atoms with Crippen LogP contribution >= 0.6 is 0 Å². The van der Waals surface area contributed by atoms with E-state index in [2.05, 4.69) is 4.90 Å². The van der Waals surface area contributed by atoms with Gasteiger partial charge in [-0.2, -0.15) is 0 Å². The Balaban J connectivity index is 1.88. The van der Waals surface area contributed by atoms with Crippen molar-refractivity contribution in [2.24, 2.45) is 0 Å². The zero-order chi connectivity index (χ0) is 22.1. The Labute approximate surface area is 178 Å². The summed E-state index contributed by atoms with van der Waals surface area (Å²) < 4.78 is 5.88. The standard InChI is InChI=1S/C23H23N3O5/c1-3-24(4-2)12-13-25-20(15-8-7-9-16(14-15)26(29)30)19-21(27)17-10-5-6-11-18(17)31-22(19)23(25)28/h5-11,14,20H,3-4,12-13H2,1-2H3/t20-/m0/s1. The average Bonchev–Trinajstić information content (AvgIpc) is 3.07. The molecule has 0 spiro atoms. The number of fused-ring (bicyclic) bond motifs is 2. The molecule has 1 aliphatic rings. The number of hydrogen-bond acceptors (Lipinski definition) is 6. The van der Waals surface area contributed by atoms with Gasteiger partial charge in [-0.25, -0.2) is 0 Å². The van der Waals surface area contributed by atoms with Crippen LogP contribution in [0.4, 0.5) is 5.69 Å². The normalized spacial score (nSPS) is 15.6. The summed E-state index contributed by atoms with van der Waals surface area (Å²) in [5, 5.41) is 11.7. The van der Waals surface area contributed by atoms with E-state index in [0.717, 1.165) is 13.1 Å². The highest BCUT2D eigenvalue weighted by Crippen LogP contribution is 2.38. The summed E-state index contributed by atoms with van der Waals surface area (Å²) in [5.41, 5.74) is 0.731. The summed E-state index contributed by atoms with van der Waals surface area (Å²) in [6.07, 6.45) is 0. The van der Waals surface area contributed by atoms with Crippen molar-refractivity contribution in [2.75, 3.05) is 26.2 Å². The third-order valence-electron chi connectivity index (χ3n) is 5.82. The van der Waals surface area contributed by atoms with Gasteiger partial charge in [0.15, 0.2) is 5.43 Å². The van der Waals surface area contributed by atoms with Crippen LogP contribution in [0.25, 0.3) is 11.0 Å². The lowest BCUT2D eigenvalue weighted by atomic mass is 9.98. The average molecular weight is 421 g/mol. The second-order valence-corrected chi connectivity index (χ2v) is 7.45. The molecule has 0 bridgehead atoms. The van der Waals surface area contributed by atoms with Crippen molar-refractivity contribution in [2.45, 2.75) is 19.9 Å². The summed E-state index contributed by atoms with van der Waals surface area (Å²) in [6, 6.07) is 12.2. The van der Waals surface area contributed by atoms with E-state index in [9.17, 15) is 19.7 Å². The monoisotopic (exact) mass is 421 g/mol. The third kappa shape index (κ3) is 3.59. The lowest BCUT2D eigenvalue weighted by Gasteiger charge is -2.28. The van der Waals surface area contributed by atoms with Crippen LogP contribution in [0.15, 0.2) is 57.7 Å². The lowest BCUT2D eigenvalue weighted by Crippen LogP contribution is -2.37. The number of non-ortho nitro benzene ring substituents is 1. The molecule has 0 N–H and O–H groups in total. The van der Waals surface area contributed by atoms with Crippen molar-refractivity contribution in [3.8, 4) is 0 Å². The van der Waals surface area contributed by atoms with Crippen LogP contribution in [0, 0.1) is 10.1 Å². The number of para-hydroxylation sites is 1. The van der Waals surface area contributed by atoms with Gasteiger partial charge in [0.25, 0.3) is 11.6 Å². The Morgan fingerprint density at radius 1 is 1.10 bits per heavy atom. The van der Waals surface area contributed by atoms with Crippen molar-refractivity contribution in [1.29, 1.82) is 0 Å². The first-order chi connectivity index (χ1) is 15.0. The molecule has 0 saturated heterocycles. The molecular weight excluding hydrogens is 398 g/mol. The fraction of sp³-hybridized carbons (Fsp3) is 0.304. The summed E-state index contributed by atoms with van der Waals surface area (Å²) in [4.78, 5) is 41.3. The number of amides is 1. The van der Waals surface area contributed by atoms with Gasteiger partial charge in [-0.15, -0.1) is 0 Å². The van der Waals surface area contributed by atoms with Gasteiger partial charge < -0.3 is 14.2 Å². The predicted molar refractivity (Wildman–Crippen MR) is 116 cm³/mol. The minimum atomic E-state index is -0.737. The van der Waals surface area contributed by atoms with Crippen LogP contribution in [0.3, 0.4) is 0 Å². The SMILES string of the molecule is CCN(CC)CCN1C(=O)c2oc3ccccc3c(=O)c2[C@@H]1c1cccc([N+](=O)[O-])c1. The van der Waals surface area contributed by atoms with Crippen molar-refractivity contribution in [3.05, 3.63) is 85.8 Å². The van der Waals surface area contributed by atoms with E-state index >= 15 is 0 Å². The number of benzene rings is 2. The quantitative estimate of drug-likeness (QED) is 0.427. The van der Waals surface area contributed by atoms with Crippen molar-refractivity contribution in [3.63, 3.8) is 0 Å². The van der Waals surface area contributed by atoms with Gasteiger partial charge in [-0.3, -0.25) is 19.7 Å². The highest BCUT2D eigenvalue weighted by atomic mass is 16.6. The Morgan fingerprint density at radius 3 is 2.55 bits per heavy atom. The van der Waals surface area contributed by atoms with Gasteiger partial charge in [0.1, 0.15) is 5.58 Å². The number of carbonyl (C=O) groups excluding carboxylic acids is 1. The molecule has 1 atom stereocenters. The summed E-state index contributed by atoms with van der Waals surface area (Å²) in [7, 11) is 0. The number of carbonyl (C=O) groups is 1. The molecule has 0 fully saturated rings. The molecule has 2 aromatic carbocycles. The van der Waals surface area contributed by atoms with E-state index in [1.165, 1.54) is 12.1 Å². The number of nitro benzene ring substituents is 1. The third-order valence-corrected chi connectivity index (χ3v) is 5.82. The van der Waals surface area contributed by atoms with Crippen molar-refractivity contribution in [1.82, 2.24) is 9.80 Å². The smallest absolute Gasteiger partial charge is 0.290 e. The molecule has 4 rings (SSSR count). The molecular formula is C23H23N3O5. The van der Waals surface area contributed by atoms with Crippen LogP contribution < -0.4 is 5.43 Å². The van der Waals surface area contributed by atoms with Gasteiger partial charge in [-0.05, 0) is 30.8 Å². The van der Waals surface area contributed by atoms with Crippen molar-refractivity contribution < 1.29 is 14.1 Å². The van der Waals surface area contributed by atoms with Crippen LogP contribution in [0.1, 0.15) is 41.6 Å². The van der Waals surface area contributed by atoms with Crippen LogP contribution in [-0.2, 0) is 0 Å². The second-order valence-electron chi connectivity index (χ2n) is 7.45. The number of likely N-dealkylation sites (N-methyl/N-ethyl adjacent to an activating group) is 1. The molecule has 160 valence electrons. The molecule has 1 aliphatic heterocycles. The summed E-state index contributed by atoms with van der Waals surface area (Å²) in [5.74, 6) is -0.360. The Bertz CT molecular complexity index is 1220. The molecule has 3 aromatic rings. The van der Waals surface area contributed by atoms with Gasteiger partial charge in [-0.1, -0.05) is 38.1 Å². The Morgan fingerprint density at radius 2 is 1.84 bits per heavy atom. The van der Waals surface area contributed by atoms with Crippen LogP contribution in [0.2, 0.25) is 0 Å². The number of rotatable bonds is 7. The van der Waals surface area contributed by atoms with Gasteiger partial charge in [0.2, 0.25) is 5.76 Å². The van der Waals surface area contributed by atoms with Gasteiger partial charge >= 0.3 is 0 Å². The maximum Gasteiger partial charge on any atom is 0.290 e. The summed E-state index contributed by atoms with van der Waals surface area (Å²) in [6.45, 7) is 6.72. The topological polar surface area (TPSA) is 96.9 Å². The maximum atomic E-state index is 13.4. The number of hydrogen-bond donors (Lipinski definition) is 0. The van der Waals surface area contributed by atoms with E-state index in [1.807, 2.05) is 13.8 Å². The molecule has 0 unspecified atom stereocenters. The molecule has 0 saturated carbocycles. The van der Waals surface area contributed by atoms with Gasteiger partial charge in [0.05, 0.1) is 21.9 Å². The fourth-order valence-electron chi connectivity index (χ4n) is 4.14. The molecule has 1 amide bonds. The first kappa shape index (κ1) is 20.7. The molecule has 8 heteroatoms. The molecule has 2 heterocycles. The van der Waals surface area contributed by atoms with Gasteiger partial charge in [0, 0.05) is 25.2 Å². The van der Waals surface area contributed by atoms with E-state index in [0.29, 0.717) is 29.6 Å². The van der Waals surface area contributed by atoms with E-state index in [1.54, 1.807) is 41.3 Å². The number of nitro groups is 1. The molecule has 1 aromatic heterocycles. The first-order valence-electron chi connectivity index (χ1n) is 10.3. The molecule has 0 radical (unpaired) electrons. The second kappa shape index (κ2) is 8.31. The maximum absolute atomic E-state index is 13.4. The molecule has 31 heavy (non-hydrogen) atoms. The minimum Gasteiger partial charge on any atom is -0.450 e. The Kier molecular flexibility index (Phi) is 5.56. The largest absolute Gasteiger partial charge is 0.450 e. The van der Waals surface area contributed by atoms with E-state index < -0.39 is 11.0 Å². The number of nitrogens with zero attached hydrogens (tertiary/aromatic N) is 3. The zero-order valence-corrected chi connectivity index (χ0v) is 17.4. The molecule has 8 nitrogen and oxygen atoms in total.